The summed E-state index contributed by atoms with van der Waals surface area (Å²) >= 11 is 0. The molecule has 2 fully saturated rings. The fourth-order valence-electron chi connectivity index (χ4n) is 5.46. The molecule has 0 aromatic heterocycles. The summed E-state index contributed by atoms with van der Waals surface area (Å²) in [7, 11) is 2.01. The number of nitrogens with one attached hydrogen (secondary N) is 1. The first-order chi connectivity index (χ1) is 16.6. The molecule has 2 aromatic rings. The molecule has 2 aliphatic heterocycles. The van der Waals surface area contributed by atoms with Gasteiger partial charge in [0.2, 0.25) is 5.91 Å². The molecule has 2 aromatic carbocycles. The summed E-state index contributed by atoms with van der Waals surface area (Å²) < 4.78 is 17.0. The van der Waals surface area contributed by atoms with Gasteiger partial charge in [-0.25, -0.2) is 0 Å². The third-order valence-electron chi connectivity index (χ3n) is 7.13. The lowest BCUT2D eigenvalue weighted by atomic mass is 9.87. The van der Waals surface area contributed by atoms with Gasteiger partial charge in [0.15, 0.2) is 11.5 Å². The molecule has 1 saturated carbocycles. The van der Waals surface area contributed by atoms with E-state index in [9.17, 15) is 4.79 Å². The van der Waals surface area contributed by atoms with E-state index in [1.807, 2.05) is 13.1 Å². The molecular formula is C27H35N3O4. The molecule has 7 heteroatoms. The number of hydrogen-bond acceptors (Lipinski definition) is 6. The first-order valence-electron chi connectivity index (χ1n) is 12.4. The zero-order valence-electron chi connectivity index (χ0n) is 20.1. The molecule has 0 spiro atoms. The molecule has 0 atom stereocenters. The van der Waals surface area contributed by atoms with E-state index in [1.165, 1.54) is 11.3 Å². The Labute approximate surface area is 202 Å². The van der Waals surface area contributed by atoms with Crippen molar-refractivity contribution in [3.05, 3.63) is 53.6 Å². The number of likely N-dealkylation sites (N-methyl/N-ethyl adjacent to an activating group) is 1. The van der Waals surface area contributed by atoms with Crippen LogP contribution in [0.4, 0.5) is 5.69 Å². The Hall–Kier alpha value is -2.77. The molecule has 1 amide bonds. The number of ether oxygens (including phenoxy) is 3. The normalized spacial score (nSPS) is 19.3. The third-order valence-corrected chi connectivity index (χ3v) is 7.13. The minimum Gasteiger partial charge on any atom is -0.486 e. The van der Waals surface area contributed by atoms with Gasteiger partial charge in [-0.15, -0.1) is 0 Å². The largest absolute Gasteiger partial charge is 0.486 e. The summed E-state index contributed by atoms with van der Waals surface area (Å²) in [4.78, 5) is 17.7. The number of carbonyl (C=O) groups excluding carboxylic acids is 1. The van der Waals surface area contributed by atoms with Crippen molar-refractivity contribution in [1.82, 2.24) is 10.2 Å². The van der Waals surface area contributed by atoms with E-state index < -0.39 is 0 Å². The van der Waals surface area contributed by atoms with Gasteiger partial charge >= 0.3 is 0 Å². The molecule has 0 bridgehead atoms. The number of benzene rings is 2. The van der Waals surface area contributed by atoms with Gasteiger partial charge in [0.25, 0.3) is 0 Å². The van der Waals surface area contributed by atoms with Gasteiger partial charge in [-0.3, -0.25) is 9.69 Å². The number of amides is 1. The van der Waals surface area contributed by atoms with E-state index in [1.54, 1.807) is 0 Å². The van der Waals surface area contributed by atoms with Crippen molar-refractivity contribution in [3.8, 4) is 11.5 Å². The molecule has 1 N–H and O–H groups in total. The van der Waals surface area contributed by atoms with E-state index in [0.717, 1.165) is 75.6 Å². The van der Waals surface area contributed by atoms with Crippen LogP contribution >= 0.6 is 0 Å². The number of anilines is 1. The smallest absolute Gasteiger partial charge is 0.234 e. The van der Waals surface area contributed by atoms with Crippen LogP contribution in [-0.2, 0) is 21.6 Å². The highest BCUT2D eigenvalue weighted by Gasteiger charge is 2.38. The highest BCUT2D eigenvalue weighted by Crippen LogP contribution is 2.42. The molecule has 34 heavy (non-hydrogen) atoms. The Morgan fingerprint density at radius 3 is 2.53 bits per heavy atom. The Kier molecular flexibility index (Phi) is 6.92. The molecule has 182 valence electrons. The lowest BCUT2D eigenvalue weighted by Gasteiger charge is -2.33. The van der Waals surface area contributed by atoms with Crippen LogP contribution in [0.15, 0.2) is 42.5 Å². The lowest BCUT2D eigenvalue weighted by molar-refractivity contribution is -0.124. The monoisotopic (exact) mass is 465 g/mol. The Balaban J connectivity index is 1.25. The zero-order valence-corrected chi connectivity index (χ0v) is 20.1. The second-order valence-corrected chi connectivity index (χ2v) is 9.60. The maximum absolute atomic E-state index is 13.2. The predicted molar refractivity (Wildman–Crippen MR) is 132 cm³/mol. The Morgan fingerprint density at radius 1 is 1.00 bits per heavy atom. The maximum atomic E-state index is 13.2. The average molecular weight is 466 g/mol. The van der Waals surface area contributed by atoms with Crippen molar-refractivity contribution in [1.29, 1.82) is 0 Å². The number of nitrogens with zero attached hydrogens (tertiary/aromatic N) is 2. The Morgan fingerprint density at radius 2 is 1.74 bits per heavy atom. The summed E-state index contributed by atoms with van der Waals surface area (Å²) in [5, 5.41) is 3.41. The summed E-state index contributed by atoms with van der Waals surface area (Å²) in [5.74, 6) is 1.62. The topological polar surface area (TPSA) is 63.3 Å². The van der Waals surface area contributed by atoms with Crippen molar-refractivity contribution >= 4 is 11.6 Å². The second-order valence-electron chi connectivity index (χ2n) is 9.60. The van der Waals surface area contributed by atoms with Gasteiger partial charge in [-0.1, -0.05) is 37.1 Å². The van der Waals surface area contributed by atoms with Crippen LogP contribution < -0.4 is 19.7 Å². The van der Waals surface area contributed by atoms with Crippen LogP contribution in [0.25, 0.3) is 0 Å². The van der Waals surface area contributed by atoms with Gasteiger partial charge in [0.1, 0.15) is 13.2 Å². The molecule has 2 heterocycles. The van der Waals surface area contributed by atoms with Crippen LogP contribution in [0.1, 0.15) is 36.8 Å². The van der Waals surface area contributed by atoms with Crippen LogP contribution in [0, 0.1) is 0 Å². The number of carbonyl (C=O) groups is 1. The number of morpholine rings is 1. The minimum absolute atomic E-state index is 0.0585. The summed E-state index contributed by atoms with van der Waals surface area (Å²) in [6, 6.07) is 14.6. The molecule has 0 unspecified atom stereocenters. The molecule has 5 rings (SSSR count). The van der Waals surface area contributed by atoms with Crippen molar-refractivity contribution in [3.63, 3.8) is 0 Å². The van der Waals surface area contributed by atoms with Crippen molar-refractivity contribution in [2.45, 2.75) is 37.8 Å². The highest BCUT2D eigenvalue weighted by atomic mass is 16.6. The van der Waals surface area contributed by atoms with Gasteiger partial charge in [0, 0.05) is 25.3 Å². The Bertz CT molecular complexity index is 999. The van der Waals surface area contributed by atoms with Gasteiger partial charge < -0.3 is 24.4 Å². The van der Waals surface area contributed by atoms with Crippen molar-refractivity contribution in [2.24, 2.45) is 0 Å². The first kappa shape index (κ1) is 23.0. The standard InChI is InChI=1S/C27H35N3O4/c1-29(19-21-6-2-3-7-23(21)30-12-14-32-15-13-30)20-26(31)28-27(10-4-5-11-27)22-8-9-24-25(18-22)34-17-16-33-24/h2-3,6-9,18H,4-5,10-17,19-20H2,1H3,(H,28,31). The van der Waals surface area contributed by atoms with Crippen molar-refractivity contribution < 1.29 is 19.0 Å². The number of fused-ring (bicyclic) bond motifs is 1. The molecule has 3 aliphatic rings. The van der Waals surface area contributed by atoms with Gasteiger partial charge in [-0.05, 0) is 49.2 Å². The number of para-hydroxylation sites is 1. The van der Waals surface area contributed by atoms with Crippen LogP contribution in [0.3, 0.4) is 0 Å². The molecule has 1 aliphatic carbocycles. The molecule has 1 saturated heterocycles. The van der Waals surface area contributed by atoms with E-state index >= 15 is 0 Å². The van der Waals surface area contributed by atoms with E-state index in [-0.39, 0.29) is 11.4 Å². The SMILES string of the molecule is CN(CC(=O)NC1(c2ccc3c(c2)OCCO3)CCCC1)Cc1ccccc1N1CCOCC1. The second kappa shape index (κ2) is 10.2. The minimum atomic E-state index is -0.334. The number of rotatable bonds is 7. The van der Waals surface area contributed by atoms with Crippen molar-refractivity contribution in [2.75, 3.05) is 58.0 Å². The summed E-state index contributed by atoms with van der Waals surface area (Å²) in [5.41, 5.74) is 3.26. The third kappa shape index (κ3) is 5.00. The maximum Gasteiger partial charge on any atom is 0.234 e. The van der Waals surface area contributed by atoms with E-state index in [4.69, 9.17) is 14.2 Å². The van der Waals surface area contributed by atoms with E-state index in [0.29, 0.717) is 19.8 Å². The quantitative estimate of drug-likeness (QED) is 0.677. The van der Waals surface area contributed by atoms with Gasteiger partial charge in [0.05, 0.1) is 25.3 Å². The molecule has 7 nitrogen and oxygen atoms in total. The van der Waals surface area contributed by atoms with E-state index in [2.05, 4.69) is 51.5 Å². The molecular weight excluding hydrogens is 430 g/mol. The lowest BCUT2D eigenvalue weighted by Crippen LogP contribution is -2.47. The fraction of sp³-hybridized carbons (Fsp3) is 0.519. The fourth-order valence-corrected chi connectivity index (χ4v) is 5.46. The van der Waals surface area contributed by atoms with Crippen LogP contribution in [-0.4, -0.2) is 63.9 Å². The van der Waals surface area contributed by atoms with Crippen LogP contribution in [0.2, 0.25) is 0 Å². The number of hydrogen-bond donors (Lipinski definition) is 1. The average Bonchev–Trinajstić information content (AvgIpc) is 3.34. The first-order valence-corrected chi connectivity index (χ1v) is 12.4. The summed E-state index contributed by atoms with van der Waals surface area (Å²) in [6.45, 7) is 5.53. The summed E-state index contributed by atoms with van der Waals surface area (Å²) in [6.07, 6.45) is 4.11. The highest BCUT2D eigenvalue weighted by molar-refractivity contribution is 5.79. The zero-order chi connectivity index (χ0) is 23.4. The predicted octanol–water partition coefficient (Wildman–Crippen LogP) is 3.31. The molecule has 0 radical (unpaired) electrons. The van der Waals surface area contributed by atoms with Crippen LogP contribution in [0.5, 0.6) is 11.5 Å². The van der Waals surface area contributed by atoms with Gasteiger partial charge in [-0.2, -0.15) is 0 Å².